The first kappa shape index (κ1) is 31.3. The zero-order valence-electron chi connectivity index (χ0n) is 29.9. The normalized spacial score (nSPS) is 12.9. The Labute approximate surface area is 320 Å². The third-order valence-corrected chi connectivity index (χ3v) is 11.4. The summed E-state index contributed by atoms with van der Waals surface area (Å²) in [4.78, 5) is 14.5. The highest BCUT2D eigenvalue weighted by molar-refractivity contribution is 5.96. The van der Waals surface area contributed by atoms with Gasteiger partial charge in [0.25, 0.3) is 0 Å². The zero-order valence-corrected chi connectivity index (χ0v) is 29.9. The molecule has 256 valence electrons. The Bertz CT molecular complexity index is 2870. The molecule has 1 spiro atoms. The molecule has 55 heavy (non-hydrogen) atoms. The summed E-state index contributed by atoms with van der Waals surface area (Å²) in [5.74, 6) is 0.649. The molecule has 2 heterocycles. The van der Waals surface area contributed by atoms with Crippen molar-refractivity contribution >= 4 is 0 Å². The number of pyridine rings is 1. The summed E-state index contributed by atoms with van der Waals surface area (Å²) in [7, 11) is 0. The van der Waals surface area contributed by atoms with Crippen LogP contribution in [0.15, 0.2) is 200 Å². The van der Waals surface area contributed by atoms with Crippen LogP contribution in [0.4, 0.5) is 0 Å². The van der Waals surface area contributed by atoms with Crippen molar-refractivity contribution in [3.8, 4) is 78.4 Å². The highest BCUT2D eigenvalue weighted by atomic mass is 14.9. The number of hydrogen-bond acceptors (Lipinski definition) is 3. The molecule has 0 N–H and O–H groups in total. The average Bonchev–Trinajstić information content (AvgIpc) is 3.74. The van der Waals surface area contributed by atoms with Crippen LogP contribution in [0.3, 0.4) is 0 Å². The predicted octanol–water partition coefficient (Wildman–Crippen LogP) is 12.6. The smallest absolute Gasteiger partial charge is 0.161 e. The van der Waals surface area contributed by atoms with Gasteiger partial charge in [-0.25, -0.2) is 9.97 Å². The Hall–Kier alpha value is -7.23. The van der Waals surface area contributed by atoms with Crippen LogP contribution in [0.2, 0.25) is 0 Å². The maximum absolute atomic E-state index is 5.08. The van der Waals surface area contributed by atoms with E-state index in [0.29, 0.717) is 5.82 Å². The molecule has 2 aliphatic carbocycles. The average molecular weight is 700 g/mol. The fraction of sp³-hybridized carbons (Fsp3) is 0.0192. The monoisotopic (exact) mass is 699 g/mol. The predicted molar refractivity (Wildman–Crippen MR) is 223 cm³/mol. The SMILES string of the molecule is c1ccc(-c2cccc(-c3cc(-c4ccc(-c5ccc6c(c5)-c5ccccc5C65c6ccccc6-c6ccccc65)cc4)nc(-c4cccnc4)n3)c2)cc1. The molecule has 0 amide bonds. The highest BCUT2D eigenvalue weighted by Gasteiger charge is 2.51. The summed E-state index contributed by atoms with van der Waals surface area (Å²) < 4.78 is 0. The first-order valence-electron chi connectivity index (χ1n) is 18.8. The van der Waals surface area contributed by atoms with Crippen molar-refractivity contribution in [2.24, 2.45) is 0 Å². The van der Waals surface area contributed by atoms with E-state index in [0.717, 1.165) is 39.2 Å². The van der Waals surface area contributed by atoms with Crippen LogP contribution in [0, 0.1) is 0 Å². The lowest BCUT2D eigenvalue weighted by atomic mass is 9.70. The van der Waals surface area contributed by atoms with E-state index in [-0.39, 0.29) is 5.41 Å². The van der Waals surface area contributed by atoms with E-state index in [9.17, 15) is 0 Å². The molecule has 2 aliphatic rings. The quantitative estimate of drug-likeness (QED) is 0.179. The minimum Gasteiger partial charge on any atom is -0.264 e. The summed E-state index contributed by atoms with van der Waals surface area (Å²) in [6.07, 6.45) is 3.60. The number of benzene rings is 7. The summed E-state index contributed by atoms with van der Waals surface area (Å²) in [5.41, 5.74) is 19.7. The molecular weight excluding hydrogens is 667 g/mol. The molecule has 11 rings (SSSR count). The van der Waals surface area contributed by atoms with Gasteiger partial charge in [-0.2, -0.15) is 0 Å². The number of nitrogens with zero attached hydrogens (tertiary/aromatic N) is 3. The summed E-state index contributed by atoms with van der Waals surface area (Å²) in [5, 5.41) is 0. The van der Waals surface area contributed by atoms with Crippen LogP contribution in [-0.4, -0.2) is 15.0 Å². The van der Waals surface area contributed by atoms with Crippen LogP contribution in [-0.2, 0) is 5.41 Å². The van der Waals surface area contributed by atoms with E-state index in [2.05, 4.69) is 175 Å². The lowest BCUT2D eigenvalue weighted by Crippen LogP contribution is -2.25. The fourth-order valence-corrected chi connectivity index (χ4v) is 8.97. The Morgan fingerprint density at radius 2 is 0.800 bits per heavy atom. The largest absolute Gasteiger partial charge is 0.264 e. The van der Waals surface area contributed by atoms with Crippen molar-refractivity contribution in [1.82, 2.24) is 15.0 Å². The molecule has 0 fully saturated rings. The maximum Gasteiger partial charge on any atom is 0.161 e. The van der Waals surface area contributed by atoms with Crippen LogP contribution in [0.5, 0.6) is 0 Å². The third-order valence-electron chi connectivity index (χ3n) is 11.4. The first-order valence-corrected chi connectivity index (χ1v) is 18.8. The van der Waals surface area contributed by atoms with E-state index < -0.39 is 0 Å². The fourth-order valence-electron chi connectivity index (χ4n) is 8.97. The van der Waals surface area contributed by atoms with Gasteiger partial charge in [0.15, 0.2) is 5.82 Å². The van der Waals surface area contributed by atoms with Gasteiger partial charge in [0.2, 0.25) is 0 Å². The van der Waals surface area contributed by atoms with E-state index >= 15 is 0 Å². The van der Waals surface area contributed by atoms with Gasteiger partial charge in [-0.3, -0.25) is 4.98 Å². The van der Waals surface area contributed by atoms with E-state index in [1.807, 2.05) is 24.4 Å². The molecule has 0 atom stereocenters. The first-order chi connectivity index (χ1) is 27.3. The molecule has 0 unspecified atom stereocenters. The van der Waals surface area contributed by atoms with Crippen molar-refractivity contribution in [3.05, 3.63) is 223 Å². The van der Waals surface area contributed by atoms with Crippen molar-refractivity contribution < 1.29 is 0 Å². The minimum atomic E-state index is -0.335. The van der Waals surface area contributed by atoms with Gasteiger partial charge >= 0.3 is 0 Å². The van der Waals surface area contributed by atoms with Crippen LogP contribution in [0.1, 0.15) is 22.3 Å². The topological polar surface area (TPSA) is 38.7 Å². The van der Waals surface area contributed by atoms with Crippen molar-refractivity contribution in [2.45, 2.75) is 5.41 Å². The number of fused-ring (bicyclic) bond motifs is 10. The Morgan fingerprint density at radius 3 is 1.47 bits per heavy atom. The third kappa shape index (κ3) is 4.87. The number of hydrogen-bond donors (Lipinski definition) is 0. The van der Waals surface area contributed by atoms with E-state index in [1.165, 1.54) is 55.6 Å². The van der Waals surface area contributed by atoms with Gasteiger partial charge in [0.1, 0.15) is 0 Å². The maximum atomic E-state index is 5.08. The van der Waals surface area contributed by atoms with Crippen molar-refractivity contribution in [3.63, 3.8) is 0 Å². The van der Waals surface area contributed by atoms with Crippen LogP contribution in [0.25, 0.3) is 78.4 Å². The molecule has 2 aromatic heterocycles. The van der Waals surface area contributed by atoms with Gasteiger partial charge in [-0.15, -0.1) is 0 Å². The van der Waals surface area contributed by atoms with E-state index in [1.54, 1.807) is 6.20 Å². The van der Waals surface area contributed by atoms with Gasteiger partial charge < -0.3 is 0 Å². The van der Waals surface area contributed by atoms with Crippen molar-refractivity contribution in [2.75, 3.05) is 0 Å². The van der Waals surface area contributed by atoms with Gasteiger partial charge in [-0.05, 0) is 97.1 Å². The summed E-state index contributed by atoms with van der Waals surface area (Å²) >= 11 is 0. The van der Waals surface area contributed by atoms with E-state index in [4.69, 9.17) is 9.97 Å². The number of rotatable bonds is 5. The van der Waals surface area contributed by atoms with Crippen LogP contribution >= 0.6 is 0 Å². The Balaban J connectivity index is 1.00. The van der Waals surface area contributed by atoms with Gasteiger partial charge in [0.05, 0.1) is 16.8 Å². The van der Waals surface area contributed by atoms with Crippen LogP contribution < -0.4 is 0 Å². The Morgan fingerprint density at radius 1 is 0.309 bits per heavy atom. The molecular formula is C52H33N3. The highest BCUT2D eigenvalue weighted by Crippen LogP contribution is 2.62. The molecule has 0 saturated carbocycles. The standard InChI is InChI=1S/C52H33N3/c1-2-12-34(13-3-1)37-14-10-15-39(30-37)50-32-49(54-51(55-50)40-16-11-29-53-33-40)36-25-23-35(24-26-36)38-27-28-48-44(31-38)43-19-6-9-22-47(43)52(48)45-20-7-4-17-41(45)42-18-5-8-21-46(42)52/h1-33H. The number of aromatic nitrogens is 3. The molecule has 3 heteroatoms. The second kappa shape index (κ2) is 12.4. The lowest BCUT2D eigenvalue weighted by molar-refractivity contribution is 0.794. The molecule has 0 aliphatic heterocycles. The molecule has 0 radical (unpaired) electrons. The molecule has 9 aromatic rings. The van der Waals surface area contributed by atoms with Gasteiger partial charge in [0, 0.05) is 29.1 Å². The Kier molecular flexibility index (Phi) is 7.08. The van der Waals surface area contributed by atoms with Crippen molar-refractivity contribution in [1.29, 1.82) is 0 Å². The summed E-state index contributed by atoms with van der Waals surface area (Å²) in [6, 6.07) is 67.8. The second-order valence-corrected chi connectivity index (χ2v) is 14.4. The minimum absolute atomic E-state index is 0.335. The molecule has 7 aromatic carbocycles. The zero-order chi connectivity index (χ0) is 36.3. The summed E-state index contributed by atoms with van der Waals surface area (Å²) in [6.45, 7) is 0. The molecule has 3 nitrogen and oxygen atoms in total. The lowest BCUT2D eigenvalue weighted by Gasteiger charge is -2.30. The molecule has 0 bridgehead atoms. The second-order valence-electron chi connectivity index (χ2n) is 14.4. The molecule has 0 saturated heterocycles. The van der Waals surface area contributed by atoms with Gasteiger partial charge in [-0.1, -0.05) is 158 Å².